The molecule has 2 aromatic carbocycles. The zero-order chi connectivity index (χ0) is 19.5. The van der Waals surface area contributed by atoms with Gasteiger partial charge >= 0.3 is 0 Å². The monoisotopic (exact) mass is 382 g/mol. The molecule has 140 valence electrons. The van der Waals surface area contributed by atoms with Gasteiger partial charge in [0, 0.05) is 16.3 Å². The van der Waals surface area contributed by atoms with Crippen molar-refractivity contribution in [2.45, 2.75) is 32.6 Å². The lowest BCUT2D eigenvalue weighted by Gasteiger charge is -2.10. The SMILES string of the molecule is CCCCCCOc1ccccc1/C=C(\C#N)C(=O)Nc1cccc(Cl)c1. The number of unbranched alkanes of at least 4 members (excludes halogenated alkanes) is 3. The smallest absolute Gasteiger partial charge is 0.266 e. The first-order valence-electron chi connectivity index (χ1n) is 9.04. The van der Waals surface area contributed by atoms with E-state index in [4.69, 9.17) is 16.3 Å². The van der Waals surface area contributed by atoms with E-state index >= 15 is 0 Å². The van der Waals surface area contributed by atoms with Gasteiger partial charge in [0.25, 0.3) is 5.91 Å². The molecule has 0 bridgehead atoms. The number of rotatable bonds is 9. The maximum absolute atomic E-state index is 12.4. The van der Waals surface area contributed by atoms with Crippen LogP contribution in [0.1, 0.15) is 38.2 Å². The Morgan fingerprint density at radius 1 is 1.19 bits per heavy atom. The molecule has 0 aromatic heterocycles. The van der Waals surface area contributed by atoms with Crippen molar-refractivity contribution in [3.05, 3.63) is 64.7 Å². The number of nitrogens with one attached hydrogen (secondary N) is 1. The molecule has 0 saturated carbocycles. The molecule has 0 radical (unpaired) electrons. The van der Waals surface area contributed by atoms with Gasteiger partial charge in [-0.05, 0) is 36.8 Å². The molecule has 0 aliphatic carbocycles. The zero-order valence-corrected chi connectivity index (χ0v) is 16.1. The average molecular weight is 383 g/mol. The maximum Gasteiger partial charge on any atom is 0.266 e. The number of halogens is 1. The van der Waals surface area contributed by atoms with Crippen LogP contribution in [0.25, 0.3) is 6.08 Å². The second-order valence-electron chi connectivity index (χ2n) is 6.08. The first-order chi connectivity index (χ1) is 13.1. The highest BCUT2D eigenvalue weighted by atomic mass is 35.5. The van der Waals surface area contributed by atoms with Gasteiger partial charge in [0.2, 0.25) is 0 Å². The summed E-state index contributed by atoms with van der Waals surface area (Å²) in [6.45, 7) is 2.78. The Morgan fingerprint density at radius 2 is 2.00 bits per heavy atom. The van der Waals surface area contributed by atoms with Crippen LogP contribution in [0.5, 0.6) is 5.75 Å². The number of amides is 1. The highest BCUT2D eigenvalue weighted by Gasteiger charge is 2.11. The van der Waals surface area contributed by atoms with Gasteiger partial charge in [-0.25, -0.2) is 0 Å². The van der Waals surface area contributed by atoms with Crippen LogP contribution < -0.4 is 10.1 Å². The van der Waals surface area contributed by atoms with Crippen LogP contribution in [0.4, 0.5) is 5.69 Å². The number of hydrogen-bond donors (Lipinski definition) is 1. The van der Waals surface area contributed by atoms with Crippen molar-refractivity contribution in [2.24, 2.45) is 0 Å². The van der Waals surface area contributed by atoms with Crippen LogP contribution in [0.3, 0.4) is 0 Å². The van der Waals surface area contributed by atoms with Gasteiger partial charge in [0.1, 0.15) is 17.4 Å². The van der Waals surface area contributed by atoms with Crippen LogP contribution in [-0.2, 0) is 4.79 Å². The minimum absolute atomic E-state index is 0.00277. The summed E-state index contributed by atoms with van der Waals surface area (Å²) in [7, 11) is 0. The van der Waals surface area contributed by atoms with E-state index in [0.717, 1.165) is 12.8 Å². The van der Waals surface area contributed by atoms with Crippen molar-refractivity contribution in [2.75, 3.05) is 11.9 Å². The van der Waals surface area contributed by atoms with Crippen LogP contribution >= 0.6 is 11.6 Å². The molecule has 0 aliphatic heterocycles. The fourth-order valence-electron chi connectivity index (χ4n) is 2.51. The highest BCUT2D eigenvalue weighted by molar-refractivity contribution is 6.31. The topological polar surface area (TPSA) is 62.1 Å². The van der Waals surface area contributed by atoms with Crippen LogP contribution in [0.2, 0.25) is 5.02 Å². The molecule has 0 atom stereocenters. The fraction of sp³-hybridized carbons (Fsp3) is 0.273. The number of carbonyl (C=O) groups is 1. The predicted molar refractivity (Wildman–Crippen MR) is 110 cm³/mol. The van der Waals surface area contributed by atoms with E-state index in [2.05, 4.69) is 12.2 Å². The lowest BCUT2D eigenvalue weighted by atomic mass is 10.1. The van der Waals surface area contributed by atoms with E-state index in [-0.39, 0.29) is 5.57 Å². The van der Waals surface area contributed by atoms with Crippen molar-refractivity contribution in [1.82, 2.24) is 0 Å². The number of ether oxygens (including phenoxy) is 1. The van der Waals surface area contributed by atoms with Crippen molar-refractivity contribution in [3.8, 4) is 11.8 Å². The molecule has 0 spiro atoms. The molecule has 0 aliphatic rings. The van der Waals surface area contributed by atoms with Gasteiger partial charge in [-0.1, -0.05) is 62.1 Å². The van der Waals surface area contributed by atoms with Crippen molar-refractivity contribution >= 4 is 29.3 Å². The molecule has 5 heteroatoms. The summed E-state index contributed by atoms with van der Waals surface area (Å²) < 4.78 is 5.84. The molecule has 0 heterocycles. The van der Waals surface area contributed by atoms with Crippen LogP contribution in [-0.4, -0.2) is 12.5 Å². The first kappa shape index (κ1) is 20.5. The quantitative estimate of drug-likeness (QED) is 0.336. The molecule has 4 nitrogen and oxygen atoms in total. The first-order valence-corrected chi connectivity index (χ1v) is 9.42. The molecule has 1 N–H and O–H groups in total. The lowest BCUT2D eigenvalue weighted by Crippen LogP contribution is -2.13. The fourth-order valence-corrected chi connectivity index (χ4v) is 2.70. The molecule has 2 aromatic rings. The predicted octanol–water partition coefficient (Wildman–Crippen LogP) is 5.84. The summed E-state index contributed by atoms with van der Waals surface area (Å²) in [5.41, 5.74) is 1.23. The second kappa shape index (κ2) is 11.1. The summed E-state index contributed by atoms with van der Waals surface area (Å²) in [4.78, 5) is 12.4. The van der Waals surface area contributed by atoms with Crippen molar-refractivity contribution in [1.29, 1.82) is 5.26 Å². The minimum Gasteiger partial charge on any atom is -0.493 e. The largest absolute Gasteiger partial charge is 0.493 e. The van der Waals surface area contributed by atoms with Gasteiger partial charge < -0.3 is 10.1 Å². The third-order valence-corrected chi connectivity index (χ3v) is 4.16. The summed E-state index contributed by atoms with van der Waals surface area (Å²) in [5, 5.41) is 12.6. The Balaban J connectivity index is 2.10. The number of hydrogen-bond acceptors (Lipinski definition) is 3. The van der Waals surface area contributed by atoms with E-state index in [1.165, 1.54) is 12.8 Å². The Hall–Kier alpha value is -2.77. The van der Waals surface area contributed by atoms with Gasteiger partial charge in [-0.15, -0.1) is 0 Å². The molecule has 0 saturated heterocycles. The number of nitriles is 1. The Labute approximate surface area is 165 Å². The van der Waals surface area contributed by atoms with Crippen molar-refractivity contribution < 1.29 is 9.53 Å². The van der Waals surface area contributed by atoms with Gasteiger partial charge in [-0.2, -0.15) is 5.26 Å². The third kappa shape index (κ3) is 6.80. The standard InChI is InChI=1S/C22H23ClN2O2/c1-2-3-4-7-13-27-21-12-6-5-9-17(21)14-18(16-24)22(26)25-20-11-8-10-19(23)15-20/h5-6,8-12,14-15H,2-4,7,13H2,1H3,(H,25,26)/b18-14+. The maximum atomic E-state index is 12.4. The third-order valence-electron chi connectivity index (χ3n) is 3.92. The molecule has 2 rings (SSSR count). The Kier molecular flexibility index (Phi) is 8.41. The van der Waals surface area contributed by atoms with Crippen LogP contribution in [0.15, 0.2) is 54.1 Å². The Bertz CT molecular complexity index is 840. The molecule has 27 heavy (non-hydrogen) atoms. The molecule has 0 unspecified atom stereocenters. The number of para-hydroxylation sites is 1. The number of benzene rings is 2. The normalized spacial score (nSPS) is 10.9. The second-order valence-corrected chi connectivity index (χ2v) is 6.52. The number of anilines is 1. The Morgan fingerprint density at radius 3 is 2.74 bits per heavy atom. The minimum atomic E-state index is -0.488. The molecular weight excluding hydrogens is 360 g/mol. The van der Waals surface area contributed by atoms with Gasteiger partial charge in [0.05, 0.1) is 6.61 Å². The lowest BCUT2D eigenvalue weighted by molar-refractivity contribution is -0.112. The molecular formula is C22H23ClN2O2. The van der Waals surface area contributed by atoms with E-state index in [0.29, 0.717) is 28.6 Å². The highest BCUT2D eigenvalue weighted by Crippen LogP contribution is 2.22. The van der Waals surface area contributed by atoms with E-state index in [1.807, 2.05) is 30.3 Å². The number of nitrogens with zero attached hydrogens (tertiary/aromatic N) is 1. The van der Waals surface area contributed by atoms with E-state index in [9.17, 15) is 10.1 Å². The summed E-state index contributed by atoms with van der Waals surface area (Å²) in [6.07, 6.45) is 6.01. The van der Waals surface area contributed by atoms with Crippen molar-refractivity contribution in [3.63, 3.8) is 0 Å². The average Bonchev–Trinajstić information content (AvgIpc) is 2.66. The van der Waals surface area contributed by atoms with Gasteiger partial charge in [0.15, 0.2) is 0 Å². The summed E-state index contributed by atoms with van der Waals surface area (Å²) in [5.74, 6) is 0.176. The molecule has 1 amide bonds. The zero-order valence-electron chi connectivity index (χ0n) is 15.4. The van der Waals surface area contributed by atoms with Crippen LogP contribution in [0, 0.1) is 11.3 Å². The molecule has 0 fully saturated rings. The van der Waals surface area contributed by atoms with E-state index in [1.54, 1.807) is 30.3 Å². The number of carbonyl (C=O) groups excluding carboxylic acids is 1. The van der Waals surface area contributed by atoms with E-state index < -0.39 is 5.91 Å². The summed E-state index contributed by atoms with van der Waals surface area (Å²) in [6, 6.07) is 16.1. The summed E-state index contributed by atoms with van der Waals surface area (Å²) >= 11 is 5.92. The van der Waals surface area contributed by atoms with Gasteiger partial charge in [-0.3, -0.25) is 4.79 Å².